The molecule has 0 saturated carbocycles. The van der Waals surface area contributed by atoms with Crippen molar-refractivity contribution in [2.45, 2.75) is 6.54 Å². The molecule has 0 aliphatic carbocycles. The van der Waals surface area contributed by atoms with E-state index in [2.05, 4.69) is 20.9 Å². The van der Waals surface area contributed by atoms with E-state index >= 15 is 0 Å². The summed E-state index contributed by atoms with van der Waals surface area (Å²) in [7, 11) is 0. The molecule has 1 N–H and O–H groups in total. The number of halogens is 3. The van der Waals surface area contributed by atoms with Gasteiger partial charge in [0.2, 0.25) is 0 Å². The number of aromatic amines is 1. The molecule has 7 heteroatoms. The molecule has 0 amide bonds. The van der Waals surface area contributed by atoms with Crippen molar-refractivity contribution >= 4 is 27.5 Å². The fourth-order valence-electron chi connectivity index (χ4n) is 1.46. The largest absolute Gasteiger partial charge is 0.328 e. The predicted octanol–water partition coefficient (Wildman–Crippen LogP) is 2.14. The first-order valence-electron chi connectivity index (χ1n) is 4.91. The van der Waals surface area contributed by atoms with E-state index in [9.17, 15) is 14.0 Å². The molecule has 1 heterocycles. The van der Waals surface area contributed by atoms with E-state index in [0.29, 0.717) is 10.6 Å². The Morgan fingerprint density at radius 1 is 1.39 bits per heavy atom. The van der Waals surface area contributed by atoms with Gasteiger partial charge in [0.05, 0.1) is 11.0 Å². The van der Waals surface area contributed by atoms with Crippen LogP contribution in [-0.4, -0.2) is 9.55 Å². The van der Waals surface area contributed by atoms with E-state index in [-0.39, 0.29) is 11.0 Å². The lowest BCUT2D eigenvalue weighted by molar-refractivity contribution is 0.620. The van der Waals surface area contributed by atoms with Crippen molar-refractivity contribution in [2.24, 2.45) is 0 Å². The van der Waals surface area contributed by atoms with Crippen molar-refractivity contribution in [2.75, 3.05) is 0 Å². The average molecular weight is 334 g/mol. The van der Waals surface area contributed by atoms with E-state index in [0.717, 1.165) is 4.57 Å². The van der Waals surface area contributed by atoms with E-state index in [1.165, 1.54) is 24.4 Å². The van der Waals surface area contributed by atoms with Crippen molar-refractivity contribution in [3.8, 4) is 0 Å². The normalized spacial score (nSPS) is 10.6. The number of benzene rings is 1. The van der Waals surface area contributed by atoms with Crippen molar-refractivity contribution in [3.63, 3.8) is 0 Å². The van der Waals surface area contributed by atoms with E-state index in [1.807, 2.05) is 0 Å². The second-order valence-corrected chi connectivity index (χ2v) is 4.83. The number of nitrogens with zero attached hydrogens (tertiary/aromatic N) is 1. The SMILES string of the molecule is O=c1[nH]cc(Br)c(=O)n1Cc1cc(F)ccc1Cl. The minimum Gasteiger partial charge on any atom is -0.313 e. The van der Waals surface area contributed by atoms with Crippen LogP contribution in [0.15, 0.2) is 38.5 Å². The number of rotatable bonds is 2. The Hall–Kier alpha value is -1.40. The van der Waals surface area contributed by atoms with Gasteiger partial charge in [-0.1, -0.05) is 11.6 Å². The van der Waals surface area contributed by atoms with Crippen LogP contribution in [0.3, 0.4) is 0 Å². The third-order valence-corrected chi connectivity index (χ3v) is 3.29. The summed E-state index contributed by atoms with van der Waals surface area (Å²) in [5.74, 6) is -0.478. The number of hydrogen-bond donors (Lipinski definition) is 1. The molecule has 0 radical (unpaired) electrons. The third-order valence-electron chi connectivity index (χ3n) is 2.35. The Kier molecular flexibility index (Phi) is 3.68. The topological polar surface area (TPSA) is 54.9 Å². The van der Waals surface area contributed by atoms with Gasteiger partial charge in [-0.25, -0.2) is 9.18 Å². The molecule has 18 heavy (non-hydrogen) atoms. The average Bonchev–Trinajstić information content (AvgIpc) is 2.34. The maximum atomic E-state index is 13.1. The Morgan fingerprint density at radius 3 is 2.83 bits per heavy atom. The number of hydrogen-bond acceptors (Lipinski definition) is 2. The van der Waals surface area contributed by atoms with Gasteiger partial charge in [0.1, 0.15) is 5.82 Å². The first kappa shape index (κ1) is 13.0. The molecule has 0 saturated heterocycles. The zero-order valence-electron chi connectivity index (χ0n) is 8.91. The molecule has 0 unspecified atom stereocenters. The molecule has 0 aliphatic rings. The molecular formula is C11H7BrClFN2O2. The third kappa shape index (κ3) is 2.54. The molecule has 2 rings (SSSR count). The second kappa shape index (κ2) is 5.07. The van der Waals surface area contributed by atoms with Gasteiger partial charge in [-0.05, 0) is 39.7 Å². The quantitative estimate of drug-likeness (QED) is 0.915. The molecule has 1 aromatic carbocycles. The molecule has 4 nitrogen and oxygen atoms in total. The summed E-state index contributed by atoms with van der Waals surface area (Å²) in [6.45, 7) is -0.0931. The van der Waals surface area contributed by atoms with Gasteiger partial charge in [-0.3, -0.25) is 9.36 Å². The molecular weight excluding hydrogens is 326 g/mol. The van der Waals surface area contributed by atoms with E-state index < -0.39 is 17.1 Å². The lowest BCUT2D eigenvalue weighted by Crippen LogP contribution is -2.35. The van der Waals surface area contributed by atoms with Crippen LogP contribution in [0.5, 0.6) is 0 Å². The summed E-state index contributed by atoms with van der Waals surface area (Å²) >= 11 is 8.90. The Bertz CT molecular complexity index is 711. The van der Waals surface area contributed by atoms with E-state index in [1.54, 1.807) is 0 Å². The summed E-state index contributed by atoms with van der Waals surface area (Å²) in [6, 6.07) is 3.78. The fraction of sp³-hybridized carbons (Fsp3) is 0.0909. The predicted molar refractivity (Wildman–Crippen MR) is 69.5 cm³/mol. The summed E-state index contributed by atoms with van der Waals surface area (Å²) < 4.78 is 14.2. The van der Waals surface area contributed by atoms with Crippen LogP contribution in [0.2, 0.25) is 5.02 Å². The maximum absolute atomic E-state index is 13.1. The minimum atomic E-state index is -0.580. The van der Waals surface area contributed by atoms with Crippen LogP contribution in [0, 0.1) is 5.82 Å². The highest BCUT2D eigenvalue weighted by Crippen LogP contribution is 2.17. The molecule has 94 valence electrons. The summed E-state index contributed by atoms with van der Waals surface area (Å²) in [6.07, 6.45) is 1.26. The zero-order chi connectivity index (χ0) is 13.3. The standard InChI is InChI=1S/C11H7BrClFN2O2/c12-8-4-15-11(18)16(10(8)17)5-6-3-7(14)1-2-9(6)13/h1-4H,5H2,(H,15,18). The molecule has 2 aromatic rings. The van der Waals surface area contributed by atoms with Crippen LogP contribution in [0.25, 0.3) is 0 Å². The number of H-pyrrole nitrogens is 1. The first-order chi connectivity index (χ1) is 8.49. The lowest BCUT2D eigenvalue weighted by atomic mass is 10.2. The van der Waals surface area contributed by atoms with Gasteiger partial charge in [-0.15, -0.1) is 0 Å². The van der Waals surface area contributed by atoms with Crippen LogP contribution in [-0.2, 0) is 6.54 Å². The van der Waals surface area contributed by atoms with Crippen molar-refractivity contribution in [1.29, 1.82) is 0 Å². The Balaban J connectivity index is 2.53. The molecule has 0 bridgehead atoms. The van der Waals surface area contributed by atoms with Gasteiger partial charge < -0.3 is 4.98 Å². The van der Waals surface area contributed by atoms with Crippen molar-refractivity contribution < 1.29 is 4.39 Å². The van der Waals surface area contributed by atoms with Crippen molar-refractivity contribution in [3.05, 3.63) is 66.1 Å². The molecule has 1 aromatic heterocycles. The van der Waals surface area contributed by atoms with Crippen LogP contribution >= 0.6 is 27.5 Å². The summed E-state index contributed by atoms with van der Waals surface area (Å²) in [5, 5.41) is 0.294. The van der Waals surface area contributed by atoms with Crippen LogP contribution in [0.4, 0.5) is 4.39 Å². The number of aromatic nitrogens is 2. The van der Waals surface area contributed by atoms with Gasteiger partial charge >= 0.3 is 5.69 Å². The minimum absolute atomic E-state index is 0.0931. The zero-order valence-corrected chi connectivity index (χ0v) is 11.3. The maximum Gasteiger partial charge on any atom is 0.328 e. The van der Waals surface area contributed by atoms with Gasteiger partial charge in [0.25, 0.3) is 5.56 Å². The van der Waals surface area contributed by atoms with Crippen molar-refractivity contribution in [1.82, 2.24) is 9.55 Å². The Morgan fingerprint density at radius 2 is 2.11 bits per heavy atom. The van der Waals surface area contributed by atoms with Gasteiger partial charge in [-0.2, -0.15) is 0 Å². The molecule has 0 spiro atoms. The highest BCUT2D eigenvalue weighted by atomic mass is 79.9. The smallest absolute Gasteiger partial charge is 0.313 e. The second-order valence-electron chi connectivity index (χ2n) is 3.57. The highest BCUT2D eigenvalue weighted by Gasteiger charge is 2.09. The summed E-state index contributed by atoms with van der Waals surface area (Å²) in [4.78, 5) is 25.7. The van der Waals surface area contributed by atoms with Crippen LogP contribution in [0.1, 0.15) is 5.56 Å². The first-order valence-corrected chi connectivity index (χ1v) is 6.08. The number of nitrogens with one attached hydrogen (secondary N) is 1. The molecule has 0 fully saturated rings. The van der Waals surface area contributed by atoms with Gasteiger partial charge in [0.15, 0.2) is 0 Å². The van der Waals surface area contributed by atoms with Gasteiger partial charge in [0, 0.05) is 11.2 Å². The fourth-order valence-corrected chi connectivity index (χ4v) is 1.97. The molecule has 0 aliphatic heterocycles. The summed E-state index contributed by atoms with van der Waals surface area (Å²) in [5.41, 5.74) is -0.718. The van der Waals surface area contributed by atoms with E-state index in [4.69, 9.17) is 11.6 Å². The Labute approximate surface area is 114 Å². The van der Waals surface area contributed by atoms with Crippen LogP contribution < -0.4 is 11.2 Å². The lowest BCUT2D eigenvalue weighted by Gasteiger charge is -2.07. The highest BCUT2D eigenvalue weighted by molar-refractivity contribution is 9.10. The molecule has 0 atom stereocenters. The monoisotopic (exact) mass is 332 g/mol.